The summed E-state index contributed by atoms with van der Waals surface area (Å²) in [6, 6.07) is 14.9. The fourth-order valence-electron chi connectivity index (χ4n) is 2.65. The van der Waals surface area contributed by atoms with Crippen LogP contribution in [0.4, 0.5) is 5.69 Å². The zero-order valence-corrected chi connectivity index (χ0v) is 15.8. The molecular formula is C20H22N2O3S. The minimum absolute atomic E-state index is 0.0392. The van der Waals surface area contributed by atoms with E-state index in [-0.39, 0.29) is 12.3 Å². The molecule has 0 atom stereocenters. The van der Waals surface area contributed by atoms with Gasteiger partial charge in [-0.05, 0) is 55.0 Å². The highest BCUT2D eigenvalue weighted by Gasteiger charge is 2.20. The summed E-state index contributed by atoms with van der Waals surface area (Å²) in [6.07, 6.45) is 1.07. The maximum atomic E-state index is 12.8. The fourth-order valence-corrected chi connectivity index (χ4v) is 3.62. The van der Waals surface area contributed by atoms with E-state index in [4.69, 9.17) is 9.47 Å². The first-order chi connectivity index (χ1) is 12.7. The van der Waals surface area contributed by atoms with Gasteiger partial charge in [-0.2, -0.15) is 0 Å². The predicted octanol–water partition coefficient (Wildman–Crippen LogP) is 3.89. The Balaban J connectivity index is 1.84. The highest BCUT2D eigenvalue weighted by Crippen LogP contribution is 2.25. The third kappa shape index (κ3) is 4.38. The van der Waals surface area contributed by atoms with Crippen LogP contribution in [0.2, 0.25) is 0 Å². The molecule has 1 aliphatic heterocycles. The lowest BCUT2D eigenvalue weighted by Gasteiger charge is -2.27. The number of Topliss-reactive ketones (excluding diaryl/α,β-unsaturated/α-hetero) is 1. The fraction of sp³-hybridized carbons (Fsp3) is 0.300. The van der Waals surface area contributed by atoms with Crippen molar-refractivity contribution in [2.75, 3.05) is 38.0 Å². The van der Waals surface area contributed by atoms with E-state index >= 15 is 0 Å². The molecule has 0 fully saturated rings. The van der Waals surface area contributed by atoms with Crippen molar-refractivity contribution in [2.24, 2.45) is 4.99 Å². The van der Waals surface area contributed by atoms with Crippen LogP contribution < -0.4 is 14.4 Å². The van der Waals surface area contributed by atoms with Crippen LogP contribution in [0.5, 0.6) is 11.5 Å². The molecule has 2 aromatic carbocycles. The van der Waals surface area contributed by atoms with Crippen LogP contribution in [0, 0.1) is 0 Å². The number of thioether (sulfide) groups is 1. The van der Waals surface area contributed by atoms with Crippen molar-refractivity contribution in [3.05, 3.63) is 54.1 Å². The summed E-state index contributed by atoms with van der Waals surface area (Å²) in [5, 5.41) is 0.892. The van der Waals surface area contributed by atoms with Crippen LogP contribution in [0.25, 0.3) is 0 Å². The SMILES string of the molecule is COc1ccc(C(=O)CN(C2=NCCCS2)c2ccc(OC)cc2)cc1. The van der Waals surface area contributed by atoms with Gasteiger partial charge in [0.1, 0.15) is 11.5 Å². The van der Waals surface area contributed by atoms with Crippen LogP contribution in [0.1, 0.15) is 16.8 Å². The van der Waals surface area contributed by atoms with Gasteiger partial charge in [-0.25, -0.2) is 0 Å². The maximum absolute atomic E-state index is 12.8. The van der Waals surface area contributed by atoms with E-state index in [1.54, 1.807) is 50.2 Å². The Hall–Kier alpha value is -2.47. The molecule has 0 spiro atoms. The van der Waals surface area contributed by atoms with Gasteiger partial charge in [0.2, 0.25) is 0 Å². The Labute approximate surface area is 158 Å². The van der Waals surface area contributed by atoms with E-state index in [1.807, 2.05) is 29.2 Å². The summed E-state index contributed by atoms with van der Waals surface area (Å²) < 4.78 is 10.4. The van der Waals surface area contributed by atoms with Gasteiger partial charge in [-0.3, -0.25) is 9.79 Å². The standard InChI is InChI=1S/C20H22N2O3S/c1-24-17-8-4-15(5-9-17)19(23)14-22(20-21-12-3-13-26-20)16-6-10-18(25-2)11-7-16/h4-11H,3,12-14H2,1-2H3. The molecule has 0 saturated carbocycles. The molecule has 3 rings (SSSR count). The zero-order chi connectivity index (χ0) is 18.4. The first-order valence-electron chi connectivity index (χ1n) is 8.47. The number of anilines is 1. The van der Waals surface area contributed by atoms with E-state index in [0.717, 1.165) is 41.1 Å². The molecule has 0 radical (unpaired) electrons. The van der Waals surface area contributed by atoms with E-state index in [2.05, 4.69) is 4.99 Å². The van der Waals surface area contributed by atoms with Crippen molar-refractivity contribution >= 4 is 28.4 Å². The number of ether oxygens (including phenoxy) is 2. The highest BCUT2D eigenvalue weighted by molar-refractivity contribution is 8.14. The average Bonchev–Trinajstić information content (AvgIpc) is 2.72. The summed E-state index contributed by atoms with van der Waals surface area (Å²) in [4.78, 5) is 19.4. The van der Waals surface area contributed by atoms with Gasteiger partial charge in [-0.1, -0.05) is 11.8 Å². The van der Waals surface area contributed by atoms with Gasteiger partial charge in [0.15, 0.2) is 11.0 Å². The van der Waals surface area contributed by atoms with Gasteiger partial charge in [0, 0.05) is 23.5 Å². The second-order valence-corrected chi connectivity index (χ2v) is 6.86. The Morgan fingerprint density at radius 1 is 1.04 bits per heavy atom. The molecule has 0 N–H and O–H groups in total. The van der Waals surface area contributed by atoms with Crippen LogP contribution in [0.15, 0.2) is 53.5 Å². The molecule has 0 unspecified atom stereocenters. The molecule has 1 aliphatic rings. The van der Waals surface area contributed by atoms with Gasteiger partial charge in [-0.15, -0.1) is 0 Å². The molecule has 0 saturated heterocycles. The quantitative estimate of drug-likeness (QED) is 0.722. The third-order valence-electron chi connectivity index (χ3n) is 4.11. The Morgan fingerprint density at radius 2 is 1.65 bits per heavy atom. The van der Waals surface area contributed by atoms with Gasteiger partial charge in [0.05, 0.1) is 20.8 Å². The summed E-state index contributed by atoms with van der Waals surface area (Å²) in [6.45, 7) is 1.04. The smallest absolute Gasteiger partial charge is 0.182 e. The second-order valence-electron chi connectivity index (χ2n) is 5.80. The lowest BCUT2D eigenvalue weighted by atomic mass is 10.1. The number of carbonyl (C=O) groups is 1. The number of ketones is 1. The van der Waals surface area contributed by atoms with Crippen molar-refractivity contribution in [1.29, 1.82) is 0 Å². The summed E-state index contributed by atoms with van der Waals surface area (Å²) in [5.74, 6) is 2.58. The van der Waals surface area contributed by atoms with Crippen LogP contribution in [0.3, 0.4) is 0 Å². The first-order valence-corrected chi connectivity index (χ1v) is 9.46. The van der Waals surface area contributed by atoms with Crippen LogP contribution >= 0.6 is 11.8 Å². The van der Waals surface area contributed by atoms with E-state index in [1.165, 1.54) is 0 Å². The number of nitrogens with zero attached hydrogens (tertiary/aromatic N) is 2. The predicted molar refractivity (Wildman–Crippen MR) is 107 cm³/mol. The van der Waals surface area contributed by atoms with E-state index < -0.39 is 0 Å². The molecule has 5 nitrogen and oxygen atoms in total. The number of benzene rings is 2. The van der Waals surface area contributed by atoms with Crippen molar-refractivity contribution < 1.29 is 14.3 Å². The zero-order valence-electron chi connectivity index (χ0n) is 15.0. The number of carbonyl (C=O) groups excluding carboxylic acids is 1. The van der Waals surface area contributed by atoms with Crippen molar-refractivity contribution in [1.82, 2.24) is 0 Å². The van der Waals surface area contributed by atoms with Gasteiger partial charge < -0.3 is 14.4 Å². The largest absolute Gasteiger partial charge is 0.497 e. The Bertz CT molecular complexity index is 773. The number of hydrogen-bond acceptors (Lipinski definition) is 6. The van der Waals surface area contributed by atoms with Gasteiger partial charge >= 0.3 is 0 Å². The Morgan fingerprint density at radius 3 is 2.19 bits per heavy atom. The maximum Gasteiger partial charge on any atom is 0.182 e. The van der Waals surface area contributed by atoms with Crippen LogP contribution in [-0.4, -0.2) is 44.0 Å². The summed E-state index contributed by atoms with van der Waals surface area (Å²) in [5.41, 5.74) is 1.59. The molecule has 0 aromatic heterocycles. The number of hydrogen-bond donors (Lipinski definition) is 0. The Kier molecular flexibility index (Phi) is 6.17. The lowest BCUT2D eigenvalue weighted by Crippen LogP contribution is -2.35. The normalized spacial score (nSPS) is 13.7. The molecule has 26 heavy (non-hydrogen) atoms. The molecular weight excluding hydrogens is 348 g/mol. The molecule has 1 heterocycles. The molecule has 136 valence electrons. The number of methoxy groups -OCH3 is 2. The third-order valence-corrected chi connectivity index (χ3v) is 5.21. The van der Waals surface area contributed by atoms with Crippen molar-refractivity contribution in [3.63, 3.8) is 0 Å². The van der Waals surface area contributed by atoms with Gasteiger partial charge in [0.25, 0.3) is 0 Å². The number of aliphatic imine (C=N–C) groups is 1. The van der Waals surface area contributed by atoms with E-state index in [0.29, 0.717) is 5.56 Å². The lowest BCUT2D eigenvalue weighted by molar-refractivity contribution is 0.100. The van der Waals surface area contributed by atoms with Crippen molar-refractivity contribution in [3.8, 4) is 11.5 Å². The molecule has 6 heteroatoms. The number of amidine groups is 1. The topological polar surface area (TPSA) is 51.1 Å². The van der Waals surface area contributed by atoms with Crippen LogP contribution in [-0.2, 0) is 0 Å². The average molecular weight is 370 g/mol. The minimum Gasteiger partial charge on any atom is -0.497 e. The molecule has 0 aliphatic carbocycles. The molecule has 2 aromatic rings. The van der Waals surface area contributed by atoms with E-state index in [9.17, 15) is 4.79 Å². The second kappa shape index (κ2) is 8.76. The highest BCUT2D eigenvalue weighted by atomic mass is 32.2. The number of rotatable bonds is 6. The first kappa shape index (κ1) is 18.3. The van der Waals surface area contributed by atoms with Crippen molar-refractivity contribution in [2.45, 2.75) is 6.42 Å². The summed E-state index contributed by atoms with van der Waals surface area (Å²) in [7, 11) is 3.25. The minimum atomic E-state index is 0.0392. The molecule has 0 amide bonds. The monoisotopic (exact) mass is 370 g/mol. The molecule has 0 bridgehead atoms. The summed E-state index contributed by atoms with van der Waals surface area (Å²) >= 11 is 1.69.